The van der Waals surface area contributed by atoms with Gasteiger partial charge in [0.15, 0.2) is 0 Å². The number of amides is 1. The van der Waals surface area contributed by atoms with Crippen LogP contribution in [0.3, 0.4) is 0 Å². The highest BCUT2D eigenvalue weighted by Gasteiger charge is 2.17. The summed E-state index contributed by atoms with van der Waals surface area (Å²) in [6.45, 7) is 3.53. The van der Waals surface area contributed by atoms with E-state index < -0.39 is 12.0 Å². The number of hydrogen-bond acceptors (Lipinski definition) is 4. The molecule has 5 heteroatoms. The SMILES string of the molecule is CCOC(=O)C(C)NC(=O)c1ccc(C#N)cc1. The van der Waals surface area contributed by atoms with E-state index in [1.165, 1.54) is 12.1 Å². The Balaban J connectivity index is 2.65. The fourth-order valence-electron chi connectivity index (χ4n) is 1.30. The first-order valence-corrected chi connectivity index (χ1v) is 5.56. The maximum atomic E-state index is 11.8. The van der Waals surface area contributed by atoms with E-state index in [2.05, 4.69) is 5.32 Å². The molecule has 1 aromatic carbocycles. The van der Waals surface area contributed by atoms with E-state index in [9.17, 15) is 9.59 Å². The van der Waals surface area contributed by atoms with Crippen LogP contribution in [0, 0.1) is 11.3 Å². The molecule has 0 aromatic heterocycles. The van der Waals surface area contributed by atoms with Gasteiger partial charge in [-0.1, -0.05) is 0 Å². The molecule has 1 N–H and O–H groups in total. The molecule has 0 aliphatic carbocycles. The third kappa shape index (κ3) is 3.59. The molecule has 1 rings (SSSR count). The quantitative estimate of drug-likeness (QED) is 0.810. The number of carbonyl (C=O) groups excluding carboxylic acids is 2. The van der Waals surface area contributed by atoms with Crippen molar-refractivity contribution in [2.75, 3.05) is 6.61 Å². The summed E-state index contributed by atoms with van der Waals surface area (Å²) in [5, 5.41) is 11.2. The smallest absolute Gasteiger partial charge is 0.328 e. The minimum absolute atomic E-state index is 0.274. The summed E-state index contributed by atoms with van der Waals surface area (Å²) < 4.78 is 4.78. The molecule has 0 bridgehead atoms. The number of carbonyl (C=O) groups is 2. The number of hydrogen-bond donors (Lipinski definition) is 1. The van der Waals surface area contributed by atoms with Crippen molar-refractivity contribution in [1.29, 1.82) is 5.26 Å². The highest BCUT2D eigenvalue weighted by atomic mass is 16.5. The Morgan fingerprint density at radius 1 is 1.39 bits per heavy atom. The molecule has 0 saturated heterocycles. The van der Waals surface area contributed by atoms with Crippen LogP contribution in [0.5, 0.6) is 0 Å². The molecule has 94 valence electrons. The molecule has 0 spiro atoms. The highest BCUT2D eigenvalue weighted by Crippen LogP contribution is 2.03. The third-order valence-electron chi connectivity index (χ3n) is 2.26. The fourth-order valence-corrected chi connectivity index (χ4v) is 1.30. The number of benzene rings is 1. The van der Waals surface area contributed by atoms with Gasteiger partial charge in [-0.05, 0) is 38.1 Å². The minimum Gasteiger partial charge on any atom is -0.464 e. The van der Waals surface area contributed by atoms with Crippen LogP contribution >= 0.6 is 0 Å². The second-order valence-electron chi connectivity index (χ2n) is 3.64. The zero-order valence-corrected chi connectivity index (χ0v) is 10.3. The van der Waals surface area contributed by atoms with Crippen molar-refractivity contribution >= 4 is 11.9 Å². The van der Waals surface area contributed by atoms with E-state index >= 15 is 0 Å². The molecule has 1 unspecified atom stereocenters. The van der Waals surface area contributed by atoms with E-state index in [0.29, 0.717) is 11.1 Å². The molecule has 0 fully saturated rings. The summed E-state index contributed by atoms with van der Waals surface area (Å²) in [7, 11) is 0. The van der Waals surface area contributed by atoms with Crippen LogP contribution in [-0.2, 0) is 9.53 Å². The molecule has 1 aromatic rings. The summed E-state index contributed by atoms with van der Waals surface area (Å²) in [4.78, 5) is 23.1. The largest absolute Gasteiger partial charge is 0.464 e. The summed E-state index contributed by atoms with van der Waals surface area (Å²) in [5.41, 5.74) is 0.870. The van der Waals surface area contributed by atoms with E-state index in [1.54, 1.807) is 26.0 Å². The van der Waals surface area contributed by atoms with Crippen molar-refractivity contribution < 1.29 is 14.3 Å². The first-order chi connectivity index (χ1) is 8.58. The van der Waals surface area contributed by atoms with Gasteiger partial charge in [0, 0.05) is 5.56 Å². The number of nitrogens with one attached hydrogen (secondary N) is 1. The van der Waals surface area contributed by atoms with Gasteiger partial charge in [-0.25, -0.2) is 4.79 Å². The maximum absolute atomic E-state index is 11.8. The van der Waals surface area contributed by atoms with Crippen LogP contribution in [0.4, 0.5) is 0 Å². The van der Waals surface area contributed by atoms with E-state index in [1.807, 2.05) is 6.07 Å². The van der Waals surface area contributed by atoms with Gasteiger partial charge in [-0.2, -0.15) is 5.26 Å². The molecule has 0 radical (unpaired) electrons. The predicted molar refractivity (Wildman–Crippen MR) is 64.7 cm³/mol. The number of nitrogens with zero attached hydrogens (tertiary/aromatic N) is 1. The van der Waals surface area contributed by atoms with Crippen LogP contribution < -0.4 is 5.32 Å². The van der Waals surface area contributed by atoms with Crippen molar-refractivity contribution in [1.82, 2.24) is 5.32 Å². The number of rotatable bonds is 4. The topological polar surface area (TPSA) is 79.2 Å². The standard InChI is InChI=1S/C13H14N2O3/c1-3-18-13(17)9(2)15-12(16)11-6-4-10(8-14)5-7-11/h4-7,9H,3H2,1-2H3,(H,15,16). The maximum Gasteiger partial charge on any atom is 0.328 e. The van der Waals surface area contributed by atoms with Gasteiger partial charge < -0.3 is 10.1 Å². The Bertz CT molecular complexity index is 474. The molecule has 1 atom stereocenters. The zero-order chi connectivity index (χ0) is 13.5. The Morgan fingerprint density at radius 2 is 2.00 bits per heavy atom. The van der Waals surface area contributed by atoms with Crippen LogP contribution in [0.1, 0.15) is 29.8 Å². The van der Waals surface area contributed by atoms with Crippen LogP contribution in [-0.4, -0.2) is 24.5 Å². The Kier molecular flexibility index (Phi) is 4.88. The van der Waals surface area contributed by atoms with E-state index in [0.717, 1.165) is 0 Å². The van der Waals surface area contributed by atoms with Gasteiger partial charge in [-0.15, -0.1) is 0 Å². The van der Waals surface area contributed by atoms with Crippen LogP contribution in [0.25, 0.3) is 0 Å². The summed E-state index contributed by atoms with van der Waals surface area (Å²) in [6.07, 6.45) is 0. The second-order valence-corrected chi connectivity index (χ2v) is 3.64. The monoisotopic (exact) mass is 246 g/mol. The number of nitriles is 1. The molecular weight excluding hydrogens is 232 g/mol. The molecule has 18 heavy (non-hydrogen) atoms. The van der Waals surface area contributed by atoms with Crippen molar-refractivity contribution in [3.63, 3.8) is 0 Å². The first-order valence-electron chi connectivity index (χ1n) is 5.56. The van der Waals surface area contributed by atoms with Gasteiger partial charge in [0.1, 0.15) is 6.04 Å². The number of esters is 1. The van der Waals surface area contributed by atoms with Gasteiger partial charge >= 0.3 is 5.97 Å². The minimum atomic E-state index is -0.701. The van der Waals surface area contributed by atoms with Gasteiger partial charge in [-0.3, -0.25) is 4.79 Å². The second kappa shape index (κ2) is 6.40. The fraction of sp³-hybridized carbons (Fsp3) is 0.308. The average molecular weight is 246 g/mol. The van der Waals surface area contributed by atoms with E-state index in [-0.39, 0.29) is 12.5 Å². The molecule has 0 aliphatic rings. The Labute approximate surface area is 105 Å². The van der Waals surface area contributed by atoms with Crippen molar-refractivity contribution in [2.45, 2.75) is 19.9 Å². The Hall–Kier alpha value is -2.35. The summed E-state index contributed by atoms with van der Waals surface area (Å²) >= 11 is 0. The van der Waals surface area contributed by atoms with Crippen molar-refractivity contribution in [3.05, 3.63) is 35.4 Å². The summed E-state index contributed by atoms with van der Waals surface area (Å²) in [5.74, 6) is -0.848. The van der Waals surface area contributed by atoms with Crippen molar-refractivity contribution in [3.8, 4) is 6.07 Å². The van der Waals surface area contributed by atoms with Gasteiger partial charge in [0.05, 0.1) is 18.2 Å². The molecule has 0 saturated carbocycles. The van der Waals surface area contributed by atoms with Gasteiger partial charge in [0.2, 0.25) is 0 Å². The third-order valence-corrected chi connectivity index (χ3v) is 2.26. The highest BCUT2D eigenvalue weighted by molar-refractivity contribution is 5.96. The van der Waals surface area contributed by atoms with E-state index in [4.69, 9.17) is 10.00 Å². The lowest BCUT2D eigenvalue weighted by Crippen LogP contribution is -2.39. The normalized spacial score (nSPS) is 11.2. The lowest BCUT2D eigenvalue weighted by atomic mass is 10.1. The zero-order valence-electron chi connectivity index (χ0n) is 10.3. The Morgan fingerprint density at radius 3 is 2.50 bits per heavy atom. The molecule has 5 nitrogen and oxygen atoms in total. The average Bonchev–Trinajstić information content (AvgIpc) is 2.39. The molecule has 1 amide bonds. The molecule has 0 aliphatic heterocycles. The predicted octanol–water partition coefficient (Wildman–Crippen LogP) is 1.24. The lowest BCUT2D eigenvalue weighted by Gasteiger charge is -2.12. The number of ether oxygens (including phenoxy) is 1. The van der Waals surface area contributed by atoms with Crippen LogP contribution in [0.2, 0.25) is 0 Å². The molecule has 0 heterocycles. The van der Waals surface area contributed by atoms with Gasteiger partial charge in [0.25, 0.3) is 5.91 Å². The lowest BCUT2D eigenvalue weighted by molar-refractivity contribution is -0.144. The van der Waals surface area contributed by atoms with Crippen molar-refractivity contribution in [2.24, 2.45) is 0 Å². The molecular formula is C13H14N2O3. The first kappa shape index (κ1) is 13.7. The van der Waals surface area contributed by atoms with Crippen LogP contribution in [0.15, 0.2) is 24.3 Å². The summed E-state index contributed by atoms with van der Waals surface area (Å²) in [6, 6.07) is 7.42.